The van der Waals surface area contributed by atoms with Crippen LogP contribution in [0.2, 0.25) is 0 Å². The molecule has 3 rings (SSSR count). The summed E-state index contributed by atoms with van der Waals surface area (Å²) >= 11 is 0. The highest BCUT2D eigenvalue weighted by atomic mass is 16.1. The van der Waals surface area contributed by atoms with Crippen LogP contribution in [0, 0.1) is 6.92 Å². The normalized spacial score (nSPS) is 12.4. The molecule has 0 aromatic heterocycles. The highest BCUT2D eigenvalue weighted by Gasteiger charge is 2.27. The molecule has 2 heteroatoms. The number of anilines is 1. The molecule has 2 aromatic carbocycles. The number of hydrogen-bond acceptors (Lipinski definition) is 2. The summed E-state index contributed by atoms with van der Waals surface area (Å²) in [5, 5.41) is 0. The number of ketones is 1. The Labute approximate surface area is 93.7 Å². The van der Waals surface area contributed by atoms with E-state index >= 15 is 0 Å². The molecule has 0 unspecified atom stereocenters. The molecule has 0 radical (unpaired) electrons. The van der Waals surface area contributed by atoms with Gasteiger partial charge in [0.25, 0.3) is 0 Å². The average molecular weight is 209 g/mol. The molecular weight excluding hydrogens is 198 g/mol. The van der Waals surface area contributed by atoms with Gasteiger partial charge in [0.2, 0.25) is 0 Å². The minimum Gasteiger partial charge on any atom is -0.399 e. The first-order valence-corrected chi connectivity index (χ1v) is 5.22. The molecule has 0 saturated heterocycles. The van der Waals surface area contributed by atoms with Crippen molar-refractivity contribution in [3.8, 4) is 11.1 Å². The van der Waals surface area contributed by atoms with Crippen LogP contribution < -0.4 is 5.73 Å². The summed E-state index contributed by atoms with van der Waals surface area (Å²) < 4.78 is 0. The Morgan fingerprint density at radius 2 is 1.81 bits per heavy atom. The Morgan fingerprint density at radius 3 is 2.62 bits per heavy atom. The zero-order valence-electron chi connectivity index (χ0n) is 8.95. The van der Waals surface area contributed by atoms with Crippen LogP contribution in [0.5, 0.6) is 0 Å². The van der Waals surface area contributed by atoms with Crippen molar-refractivity contribution < 1.29 is 4.79 Å². The lowest BCUT2D eigenvalue weighted by molar-refractivity contribution is 0.104. The number of carbonyl (C=O) groups is 1. The smallest absolute Gasteiger partial charge is 0.194 e. The number of nitrogen functional groups attached to an aromatic ring is 1. The largest absolute Gasteiger partial charge is 0.399 e. The first-order valence-electron chi connectivity index (χ1n) is 5.22. The van der Waals surface area contributed by atoms with E-state index in [4.69, 9.17) is 5.73 Å². The van der Waals surface area contributed by atoms with E-state index in [0.29, 0.717) is 5.69 Å². The van der Waals surface area contributed by atoms with Gasteiger partial charge in [0.1, 0.15) is 0 Å². The number of carbonyl (C=O) groups excluding carboxylic acids is 1. The van der Waals surface area contributed by atoms with E-state index in [1.807, 2.05) is 37.3 Å². The second kappa shape index (κ2) is 2.95. The van der Waals surface area contributed by atoms with Gasteiger partial charge in [-0.3, -0.25) is 4.79 Å². The minimum atomic E-state index is 0.0930. The predicted molar refractivity (Wildman–Crippen MR) is 64.5 cm³/mol. The molecule has 0 amide bonds. The molecule has 2 N–H and O–H groups in total. The molecule has 0 atom stereocenters. The van der Waals surface area contributed by atoms with Crippen molar-refractivity contribution >= 4 is 11.5 Å². The monoisotopic (exact) mass is 209 g/mol. The van der Waals surface area contributed by atoms with Gasteiger partial charge < -0.3 is 5.73 Å². The van der Waals surface area contributed by atoms with Crippen molar-refractivity contribution in [3.63, 3.8) is 0 Å². The lowest BCUT2D eigenvalue weighted by Crippen LogP contribution is -1.98. The number of rotatable bonds is 0. The maximum absolute atomic E-state index is 12.2. The molecule has 0 heterocycles. The zero-order valence-corrected chi connectivity index (χ0v) is 8.95. The predicted octanol–water partition coefficient (Wildman–Crippen LogP) is 2.79. The number of fused-ring (bicyclic) bond motifs is 3. The lowest BCUT2D eigenvalue weighted by Gasteiger charge is -2.01. The van der Waals surface area contributed by atoms with Crippen LogP contribution >= 0.6 is 0 Å². The van der Waals surface area contributed by atoms with Crippen LogP contribution in [0.3, 0.4) is 0 Å². The fourth-order valence-corrected chi connectivity index (χ4v) is 2.31. The Bertz CT molecular complexity index is 614. The van der Waals surface area contributed by atoms with Crippen LogP contribution in [0.4, 0.5) is 5.69 Å². The molecule has 0 spiro atoms. The Hall–Kier alpha value is -2.09. The second-order valence-electron chi connectivity index (χ2n) is 4.13. The minimum absolute atomic E-state index is 0.0930. The van der Waals surface area contributed by atoms with E-state index in [2.05, 4.69) is 0 Å². The number of nitrogens with two attached hydrogens (primary N) is 1. The van der Waals surface area contributed by atoms with Crippen LogP contribution in [-0.4, -0.2) is 5.78 Å². The van der Waals surface area contributed by atoms with Gasteiger partial charge in [0, 0.05) is 16.8 Å². The summed E-state index contributed by atoms with van der Waals surface area (Å²) in [4.78, 5) is 12.2. The zero-order chi connectivity index (χ0) is 11.3. The second-order valence-corrected chi connectivity index (χ2v) is 4.13. The van der Waals surface area contributed by atoms with Crippen molar-refractivity contribution in [1.82, 2.24) is 0 Å². The third-order valence-corrected chi connectivity index (χ3v) is 3.08. The van der Waals surface area contributed by atoms with Crippen LogP contribution in [0.15, 0.2) is 36.4 Å². The van der Waals surface area contributed by atoms with Crippen molar-refractivity contribution in [2.45, 2.75) is 6.92 Å². The topological polar surface area (TPSA) is 43.1 Å². The highest BCUT2D eigenvalue weighted by molar-refractivity contribution is 6.22. The molecule has 2 nitrogen and oxygen atoms in total. The van der Waals surface area contributed by atoms with E-state index in [-0.39, 0.29) is 5.78 Å². The Kier molecular flexibility index (Phi) is 1.69. The summed E-state index contributed by atoms with van der Waals surface area (Å²) in [7, 11) is 0. The van der Waals surface area contributed by atoms with E-state index in [1.54, 1.807) is 6.07 Å². The van der Waals surface area contributed by atoms with Gasteiger partial charge >= 0.3 is 0 Å². The lowest BCUT2D eigenvalue weighted by atomic mass is 10.0. The fraction of sp³-hybridized carbons (Fsp3) is 0.0714. The molecule has 0 aliphatic heterocycles. The summed E-state index contributed by atoms with van der Waals surface area (Å²) in [6.07, 6.45) is 0. The standard InChI is InChI=1S/C14H11NO/c1-8-3-2-4-11-10-6-5-9(15)7-12(10)14(16)13(8)11/h2-7H,15H2,1H3. The van der Waals surface area contributed by atoms with Gasteiger partial charge in [0.05, 0.1) is 0 Å². The summed E-state index contributed by atoms with van der Waals surface area (Å²) in [5.41, 5.74) is 10.9. The molecule has 78 valence electrons. The van der Waals surface area contributed by atoms with Gasteiger partial charge in [-0.2, -0.15) is 0 Å². The quantitative estimate of drug-likeness (QED) is 0.578. The van der Waals surface area contributed by atoms with Gasteiger partial charge in [0.15, 0.2) is 5.78 Å². The molecule has 0 fully saturated rings. The molecule has 16 heavy (non-hydrogen) atoms. The van der Waals surface area contributed by atoms with Gasteiger partial charge in [-0.15, -0.1) is 0 Å². The van der Waals surface area contributed by atoms with Crippen molar-refractivity contribution in [1.29, 1.82) is 0 Å². The Balaban J connectivity index is 2.39. The van der Waals surface area contributed by atoms with Crippen LogP contribution in [0.1, 0.15) is 21.5 Å². The first kappa shape index (κ1) is 9.16. The molecule has 0 saturated carbocycles. The highest BCUT2D eigenvalue weighted by Crippen LogP contribution is 2.38. The van der Waals surface area contributed by atoms with Gasteiger partial charge in [-0.1, -0.05) is 24.3 Å². The van der Waals surface area contributed by atoms with Crippen molar-refractivity contribution in [2.75, 3.05) is 5.73 Å². The van der Waals surface area contributed by atoms with E-state index in [9.17, 15) is 4.79 Å². The summed E-state index contributed by atoms with van der Waals surface area (Å²) in [6.45, 7) is 1.96. The maximum atomic E-state index is 12.2. The fourth-order valence-electron chi connectivity index (χ4n) is 2.31. The summed E-state index contributed by atoms with van der Waals surface area (Å²) in [5.74, 6) is 0.0930. The maximum Gasteiger partial charge on any atom is 0.194 e. The van der Waals surface area contributed by atoms with E-state index in [1.165, 1.54) is 0 Å². The van der Waals surface area contributed by atoms with Crippen molar-refractivity contribution in [2.24, 2.45) is 0 Å². The molecular formula is C14H11NO. The van der Waals surface area contributed by atoms with Crippen LogP contribution in [-0.2, 0) is 0 Å². The number of hydrogen-bond donors (Lipinski definition) is 1. The van der Waals surface area contributed by atoms with Gasteiger partial charge in [-0.05, 0) is 35.7 Å². The van der Waals surface area contributed by atoms with Crippen molar-refractivity contribution in [3.05, 3.63) is 53.1 Å². The molecule has 2 aromatic rings. The molecule has 0 bridgehead atoms. The first-order chi connectivity index (χ1) is 7.68. The molecule has 1 aliphatic carbocycles. The van der Waals surface area contributed by atoms with Gasteiger partial charge in [-0.25, -0.2) is 0 Å². The average Bonchev–Trinajstić information content (AvgIpc) is 2.54. The van der Waals surface area contributed by atoms with E-state index < -0.39 is 0 Å². The third-order valence-electron chi connectivity index (χ3n) is 3.08. The SMILES string of the molecule is Cc1cccc2c1C(=O)c1cc(N)ccc1-2. The van der Waals surface area contributed by atoms with E-state index in [0.717, 1.165) is 27.8 Å². The molecule has 1 aliphatic rings. The third kappa shape index (κ3) is 1.04. The van der Waals surface area contributed by atoms with Crippen LogP contribution in [0.25, 0.3) is 11.1 Å². The number of aryl methyl sites for hydroxylation is 1. The number of benzene rings is 2. The summed E-state index contributed by atoms with van der Waals surface area (Å²) in [6, 6.07) is 11.5. The Morgan fingerprint density at radius 1 is 1.00 bits per heavy atom.